The van der Waals surface area contributed by atoms with E-state index in [0.29, 0.717) is 17.1 Å². The predicted octanol–water partition coefficient (Wildman–Crippen LogP) is 3.93. The maximum atomic E-state index is 13.7. The van der Waals surface area contributed by atoms with E-state index in [-0.39, 0.29) is 11.2 Å². The molecule has 1 aromatic rings. The molecule has 0 spiro atoms. The minimum absolute atomic E-state index is 0.0871. The highest BCUT2D eigenvalue weighted by molar-refractivity contribution is 6.30. The van der Waals surface area contributed by atoms with Gasteiger partial charge >= 0.3 is 0 Å². The fourth-order valence-electron chi connectivity index (χ4n) is 2.84. The zero-order chi connectivity index (χ0) is 12.3. The molecule has 1 nitrogen and oxygen atoms in total. The highest BCUT2D eigenvalue weighted by Gasteiger charge is 2.31. The maximum absolute atomic E-state index is 13.7. The first kappa shape index (κ1) is 12.8. The molecule has 2 rings (SSSR count). The zero-order valence-electron chi connectivity index (χ0n) is 10.0. The summed E-state index contributed by atoms with van der Waals surface area (Å²) in [6, 6.07) is 4.78. The fourth-order valence-corrected chi connectivity index (χ4v) is 3.03. The van der Waals surface area contributed by atoms with E-state index in [2.05, 4.69) is 0 Å². The van der Waals surface area contributed by atoms with E-state index < -0.39 is 0 Å². The smallest absolute Gasteiger partial charge is 0.126 e. The molecule has 1 aromatic carbocycles. The normalized spacial score (nSPS) is 19.2. The fraction of sp³-hybridized carbons (Fsp3) is 0.571. The molecule has 0 amide bonds. The van der Waals surface area contributed by atoms with Crippen LogP contribution in [0.2, 0.25) is 5.02 Å². The molecular formula is C14H19ClFN. The number of hydrogen-bond donors (Lipinski definition) is 1. The lowest BCUT2D eigenvalue weighted by Gasteiger charge is -2.36. The molecule has 1 aliphatic carbocycles. The van der Waals surface area contributed by atoms with Crippen molar-refractivity contribution in [3.8, 4) is 0 Å². The lowest BCUT2D eigenvalue weighted by atomic mass is 9.70. The molecular weight excluding hydrogens is 237 g/mol. The van der Waals surface area contributed by atoms with Crippen LogP contribution in [0.1, 0.15) is 37.7 Å². The number of rotatable bonds is 3. The topological polar surface area (TPSA) is 26.0 Å². The molecule has 0 radical (unpaired) electrons. The van der Waals surface area contributed by atoms with Crippen LogP contribution in [0.5, 0.6) is 0 Å². The number of nitrogens with two attached hydrogens (primary N) is 1. The van der Waals surface area contributed by atoms with Gasteiger partial charge in [0.05, 0.1) is 0 Å². The number of hydrogen-bond acceptors (Lipinski definition) is 1. The molecule has 0 aromatic heterocycles. The van der Waals surface area contributed by atoms with Crippen LogP contribution in [0, 0.1) is 11.2 Å². The Balaban J connectivity index is 2.20. The van der Waals surface area contributed by atoms with Crippen molar-refractivity contribution in [2.45, 2.75) is 38.5 Å². The van der Waals surface area contributed by atoms with Crippen LogP contribution in [-0.2, 0) is 6.42 Å². The van der Waals surface area contributed by atoms with Crippen LogP contribution in [0.15, 0.2) is 18.2 Å². The summed E-state index contributed by atoms with van der Waals surface area (Å²) in [5.41, 5.74) is 6.72. The van der Waals surface area contributed by atoms with Gasteiger partial charge in [-0.15, -0.1) is 0 Å². The molecule has 0 unspecified atom stereocenters. The standard InChI is InChI=1S/C14H19ClFN/c15-12-4-5-13(16)11(8-12)9-14(10-17)6-2-1-3-7-14/h4-5,8H,1-3,6-7,9-10,17H2. The minimum Gasteiger partial charge on any atom is -0.330 e. The molecule has 3 heteroatoms. The second-order valence-corrected chi connectivity index (χ2v) is 5.61. The zero-order valence-corrected chi connectivity index (χ0v) is 10.8. The van der Waals surface area contributed by atoms with Gasteiger partial charge in [-0.05, 0) is 55.0 Å². The lowest BCUT2D eigenvalue weighted by molar-refractivity contribution is 0.195. The Bertz CT molecular complexity index is 386. The van der Waals surface area contributed by atoms with Crippen LogP contribution >= 0.6 is 11.6 Å². The van der Waals surface area contributed by atoms with Gasteiger partial charge in [0.15, 0.2) is 0 Å². The van der Waals surface area contributed by atoms with E-state index in [1.54, 1.807) is 12.1 Å². The minimum atomic E-state index is -0.159. The van der Waals surface area contributed by atoms with Crippen LogP contribution in [-0.4, -0.2) is 6.54 Å². The number of halogens is 2. The third kappa shape index (κ3) is 2.99. The molecule has 0 saturated heterocycles. The van der Waals surface area contributed by atoms with Gasteiger partial charge in [-0.25, -0.2) is 4.39 Å². The van der Waals surface area contributed by atoms with Crippen molar-refractivity contribution < 1.29 is 4.39 Å². The Morgan fingerprint density at radius 1 is 1.24 bits per heavy atom. The van der Waals surface area contributed by atoms with Crippen molar-refractivity contribution in [3.63, 3.8) is 0 Å². The summed E-state index contributed by atoms with van der Waals surface area (Å²) in [5, 5.41) is 0.601. The quantitative estimate of drug-likeness (QED) is 0.870. The second-order valence-electron chi connectivity index (χ2n) is 5.18. The third-order valence-electron chi connectivity index (χ3n) is 3.92. The summed E-state index contributed by atoms with van der Waals surface area (Å²) in [6.45, 7) is 0.638. The highest BCUT2D eigenvalue weighted by Crippen LogP contribution is 2.39. The molecule has 0 atom stereocenters. The second kappa shape index (κ2) is 5.36. The average Bonchev–Trinajstić information content (AvgIpc) is 2.35. The van der Waals surface area contributed by atoms with Crippen LogP contribution in [0.3, 0.4) is 0 Å². The summed E-state index contributed by atoms with van der Waals surface area (Å²) in [4.78, 5) is 0. The molecule has 17 heavy (non-hydrogen) atoms. The largest absolute Gasteiger partial charge is 0.330 e. The summed E-state index contributed by atoms with van der Waals surface area (Å²) < 4.78 is 13.7. The monoisotopic (exact) mass is 255 g/mol. The van der Waals surface area contributed by atoms with E-state index >= 15 is 0 Å². The SMILES string of the molecule is NCC1(Cc2cc(Cl)ccc2F)CCCCC1. The first-order chi connectivity index (χ1) is 8.15. The van der Waals surface area contributed by atoms with Crippen molar-refractivity contribution in [3.05, 3.63) is 34.6 Å². The third-order valence-corrected chi connectivity index (χ3v) is 4.16. The van der Waals surface area contributed by atoms with Crippen molar-refractivity contribution in [2.24, 2.45) is 11.1 Å². The van der Waals surface area contributed by atoms with Crippen molar-refractivity contribution in [1.82, 2.24) is 0 Å². The molecule has 0 heterocycles. The maximum Gasteiger partial charge on any atom is 0.126 e. The summed E-state index contributed by atoms with van der Waals surface area (Å²) in [6.07, 6.45) is 6.62. The van der Waals surface area contributed by atoms with E-state index in [0.717, 1.165) is 19.3 Å². The Morgan fingerprint density at radius 3 is 2.59 bits per heavy atom. The average molecular weight is 256 g/mol. The van der Waals surface area contributed by atoms with Gasteiger partial charge in [0.2, 0.25) is 0 Å². The number of benzene rings is 1. The molecule has 94 valence electrons. The Kier molecular flexibility index (Phi) is 4.05. The summed E-state index contributed by atoms with van der Waals surface area (Å²) in [5.74, 6) is -0.159. The van der Waals surface area contributed by atoms with Crippen molar-refractivity contribution in [2.75, 3.05) is 6.54 Å². The van der Waals surface area contributed by atoms with Gasteiger partial charge in [-0.3, -0.25) is 0 Å². The molecule has 1 saturated carbocycles. The van der Waals surface area contributed by atoms with Gasteiger partial charge in [0, 0.05) is 5.02 Å². The van der Waals surface area contributed by atoms with Crippen LogP contribution in [0.4, 0.5) is 4.39 Å². The molecule has 1 fully saturated rings. The lowest BCUT2D eigenvalue weighted by Crippen LogP contribution is -2.35. The van der Waals surface area contributed by atoms with Gasteiger partial charge in [-0.1, -0.05) is 30.9 Å². The first-order valence-corrected chi connectivity index (χ1v) is 6.67. The van der Waals surface area contributed by atoms with Crippen molar-refractivity contribution >= 4 is 11.6 Å². The van der Waals surface area contributed by atoms with E-state index in [4.69, 9.17) is 17.3 Å². The predicted molar refractivity (Wildman–Crippen MR) is 69.7 cm³/mol. The molecule has 0 bridgehead atoms. The van der Waals surface area contributed by atoms with Gasteiger partial charge in [0.25, 0.3) is 0 Å². The summed E-state index contributed by atoms with van der Waals surface area (Å²) >= 11 is 5.93. The van der Waals surface area contributed by atoms with E-state index in [9.17, 15) is 4.39 Å². The molecule has 0 aliphatic heterocycles. The van der Waals surface area contributed by atoms with Gasteiger partial charge in [0.1, 0.15) is 5.82 Å². The molecule has 2 N–H and O–H groups in total. The Hall–Kier alpha value is -0.600. The van der Waals surface area contributed by atoms with Crippen molar-refractivity contribution in [1.29, 1.82) is 0 Å². The first-order valence-electron chi connectivity index (χ1n) is 6.29. The van der Waals surface area contributed by atoms with Gasteiger partial charge < -0.3 is 5.73 Å². The van der Waals surface area contributed by atoms with E-state index in [1.165, 1.54) is 25.3 Å². The van der Waals surface area contributed by atoms with Crippen LogP contribution < -0.4 is 5.73 Å². The summed E-state index contributed by atoms with van der Waals surface area (Å²) in [7, 11) is 0. The molecule has 1 aliphatic rings. The van der Waals surface area contributed by atoms with E-state index in [1.807, 2.05) is 0 Å². The highest BCUT2D eigenvalue weighted by atomic mass is 35.5. The van der Waals surface area contributed by atoms with Crippen LogP contribution in [0.25, 0.3) is 0 Å². The van der Waals surface area contributed by atoms with Gasteiger partial charge in [-0.2, -0.15) is 0 Å². The Morgan fingerprint density at radius 2 is 1.94 bits per heavy atom. The Labute approximate surface area is 107 Å².